The molecule has 0 bridgehead atoms. The fourth-order valence-electron chi connectivity index (χ4n) is 6.57. The number of nitrogens with zero attached hydrogens (tertiary/aromatic N) is 2. The molecule has 1 aliphatic carbocycles. The number of esters is 1. The minimum atomic E-state index is -1.96. The summed E-state index contributed by atoms with van der Waals surface area (Å²) in [7, 11) is 1.42. The van der Waals surface area contributed by atoms with E-state index in [1.54, 1.807) is 23.1 Å². The summed E-state index contributed by atoms with van der Waals surface area (Å²) >= 11 is 3.14. The van der Waals surface area contributed by atoms with Crippen LogP contribution < -0.4 is 10.6 Å². The molecule has 1 aromatic heterocycles. The third-order valence-electron chi connectivity index (χ3n) is 10.1. The molecule has 1 saturated heterocycles. The van der Waals surface area contributed by atoms with E-state index in [9.17, 15) is 28.7 Å². The predicted octanol–water partition coefficient (Wildman–Crippen LogP) is 6.66. The molecule has 4 rings (SSSR count). The Morgan fingerprint density at radius 3 is 2.23 bits per heavy atom. The first kappa shape index (κ1) is 41.7. The number of thioether (sulfide) groups is 1. The molecule has 0 radical (unpaired) electrons. The number of alkyl halides is 1. The zero-order valence-corrected chi connectivity index (χ0v) is 32.8. The molecule has 13 heteroatoms. The number of hydrogen-bond donors (Lipinski definition) is 3. The highest BCUT2D eigenvalue weighted by Gasteiger charge is 2.54. The number of nitrogens with one attached hydrogen (secondary N) is 2. The molecule has 288 valence electrons. The van der Waals surface area contributed by atoms with Gasteiger partial charge >= 0.3 is 5.97 Å². The van der Waals surface area contributed by atoms with Crippen molar-refractivity contribution in [1.29, 1.82) is 0 Å². The number of methoxy groups -OCH3 is 1. The summed E-state index contributed by atoms with van der Waals surface area (Å²) in [6, 6.07) is 5.87. The lowest BCUT2D eigenvalue weighted by molar-refractivity contribution is -0.143. The van der Waals surface area contributed by atoms with E-state index < -0.39 is 40.4 Å². The molecular formula is C39H57FN4O6S2. The van der Waals surface area contributed by atoms with E-state index in [1.807, 2.05) is 50.5 Å². The summed E-state index contributed by atoms with van der Waals surface area (Å²) in [5.41, 5.74) is 2.75. The van der Waals surface area contributed by atoms with Gasteiger partial charge in [0.25, 0.3) is 5.91 Å². The summed E-state index contributed by atoms with van der Waals surface area (Å²) in [6.45, 7) is 5.93. The first-order valence-corrected chi connectivity index (χ1v) is 20.7. The number of β-amino-alcohol motifs (C(OH)–C–C–N with tert-alkyl or cyclic N) is 1. The highest BCUT2D eigenvalue weighted by Crippen LogP contribution is 2.41. The number of aliphatic hydroxyl groups is 1. The van der Waals surface area contributed by atoms with Crippen molar-refractivity contribution < 1.29 is 33.4 Å². The van der Waals surface area contributed by atoms with Gasteiger partial charge in [-0.3, -0.25) is 19.2 Å². The van der Waals surface area contributed by atoms with E-state index in [2.05, 4.69) is 20.4 Å². The molecule has 0 unspecified atom stereocenters. The quantitative estimate of drug-likeness (QED) is 0.0896. The molecule has 1 aromatic carbocycles. The second-order valence-corrected chi connectivity index (χ2v) is 17.4. The lowest BCUT2D eigenvalue weighted by atomic mass is 10.00. The number of carbonyl (C=O) groups is 4. The number of aliphatic hydroxyl groups excluding tert-OH is 1. The number of aryl methyl sites for hydroxylation is 1. The number of aromatic nitrogens is 1. The summed E-state index contributed by atoms with van der Waals surface area (Å²) in [5.74, 6) is -1.04. The van der Waals surface area contributed by atoms with Crippen molar-refractivity contribution in [3.63, 3.8) is 0 Å². The maximum absolute atomic E-state index is 14.9. The number of ether oxygens (including phenoxy) is 1. The van der Waals surface area contributed by atoms with Crippen molar-refractivity contribution >= 4 is 46.8 Å². The molecule has 3 atom stereocenters. The average Bonchev–Trinajstić information content (AvgIpc) is 3.53. The van der Waals surface area contributed by atoms with Crippen LogP contribution >= 0.6 is 23.1 Å². The SMILES string of the molecule is COC(=O)CCCCCCCCCCCCSC(C)(C)[C@H](NC(=O)C1(F)CC1)C(=O)N1C[C@H](O)C[C@H]1C(=O)NCc1ccc(-c2scnc2C)cc1. The van der Waals surface area contributed by atoms with Crippen LogP contribution in [0.5, 0.6) is 0 Å². The fraction of sp³-hybridized carbons (Fsp3) is 0.667. The molecule has 2 heterocycles. The average molecular weight is 761 g/mol. The standard InChI is InChI=1S/C39H57FN4O6S2/c1-27-33(51-26-42-27)29-18-16-28(17-19-29)24-41-35(47)31-23-30(45)25-44(31)36(48)34(43-37(49)39(40)20-21-39)38(2,3)52-22-14-12-10-8-6-5-7-9-11-13-15-32(46)50-4/h16-19,26,30-31,34,45H,5-15,20-25H2,1-4H3,(H,41,47)(H,43,49)/t30-,31+,34-/m1/s1. The molecule has 2 aromatic rings. The zero-order valence-electron chi connectivity index (χ0n) is 31.2. The smallest absolute Gasteiger partial charge is 0.305 e. The van der Waals surface area contributed by atoms with Crippen molar-refractivity contribution in [3.8, 4) is 10.4 Å². The molecule has 1 aliphatic heterocycles. The van der Waals surface area contributed by atoms with Crippen molar-refractivity contribution in [3.05, 3.63) is 41.0 Å². The second-order valence-electron chi connectivity index (χ2n) is 14.8. The molecule has 2 aliphatic rings. The molecule has 10 nitrogen and oxygen atoms in total. The van der Waals surface area contributed by atoms with E-state index in [4.69, 9.17) is 0 Å². The number of likely N-dealkylation sites (tertiary alicyclic amines) is 1. The summed E-state index contributed by atoms with van der Waals surface area (Å²) in [5, 5.41) is 16.3. The highest BCUT2D eigenvalue weighted by molar-refractivity contribution is 8.00. The van der Waals surface area contributed by atoms with E-state index in [0.29, 0.717) is 6.42 Å². The lowest BCUT2D eigenvalue weighted by Crippen LogP contribution is -2.61. The molecule has 1 saturated carbocycles. The van der Waals surface area contributed by atoms with Crippen LogP contribution in [0.1, 0.15) is 115 Å². The van der Waals surface area contributed by atoms with Crippen LogP contribution in [0, 0.1) is 6.92 Å². The van der Waals surface area contributed by atoms with Crippen LogP contribution in [0.25, 0.3) is 10.4 Å². The van der Waals surface area contributed by atoms with Gasteiger partial charge in [0.2, 0.25) is 11.8 Å². The van der Waals surface area contributed by atoms with Crippen LogP contribution in [-0.2, 0) is 30.5 Å². The number of halogens is 1. The number of unbranched alkanes of at least 4 members (excludes halogenated alkanes) is 9. The van der Waals surface area contributed by atoms with Crippen LogP contribution in [-0.4, -0.2) is 86.7 Å². The second kappa shape index (κ2) is 19.9. The number of hydrogen-bond acceptors (Lipinski definition) is 9. The van der Waals surface area contributed by atoms with Crippen molar-refractivity contribution in [2.45, 2.75) is 146 Å². The van der Waals surface area contributed by atoms with E-state index in [0.717, 1.165) is 72.4 Å². The van der Waals surface area contributed by atoms with Gasteiger partial charge in [-0.2, -0.15) is 11.8 Å². The molecule has 0 spiro atoms. The normalized spacial score (nSPS) is 18.5. The third kappa shape index (κ3) is 12.3. The molecule has 3 N–H and O–H groups in total. The Hall–Kier alpha value is -3.03. The minimum Gasteiger partial charge on any atom is -0.469 e. The van der Waals surface area contributed by atoms with Gasteiger partial charge in [0.1, 0.15) is 12.1 Å². The summed E-state index contributed by atoms with van der Waals surface area (Å²) < 4.78 is 18.8. The van der Waals surface area contributed by atoms with Crippen LogP contribution in [0.2, 0.25) is 0 Å². The van der Waals surface area contributed by atoms with Gasteiger partial charge in [0.15, 0.2) is 5.67 Å². The van der Waals surface area contributed by atoms with Gasteiger partial charge < -0.3 is 25.4 Å². The predicted molar refractivity (Wildman–Crippen MR) is 205 cm³/mol. The van der Waals surface area contributed by atoms with Gasteiger partial charge in [0.05, 0.1) is 29.3 Å². The fourth-order valence-corrected chi connectivity index (χ4v) is 8.58. The maximum Gasteiger partial charge on any atom is 0.305 e. The monoisotopic (exact) mass is 760 g/mol. The molecule has 52 heavy (non-hydrogen) atoms. The number of rotatable bonds is 22. The van der Waals surface area contributed by atoms with Crippen LogP contribution in [0.4, 0.5) is 4.39 Å². The first-order chi connectivity index (χ1) is 24.8. The molecule has 3 amide bonds. The van der Waals surface area contributed by atoms with Crippen LogP contribution in [0.3, 0.4) is 0 Å². The Morgan fingerprint density at radius 2 is 1.65 bits per heavy atom. The number of carbonyl (C=O) groups excluding carboxylic acids is 4. The Balaban J connectivity index is 1.26. The van der Waals surface area contributed by atoms with Gasteiger partial charge in [0, 0.05) is 30.7 Å². The van der Waals surface area contributed by atoms with E-state index in [1.165, 1.54) is 31.3 Å². The Labute approximate surface area is 316 Å². The van der Waals surface area contributed by atoms with Gasteiger partial charge in [-0.25, -0.2) is 9.37 Å². The van der Waals surface area contributed by atoms with Gasteiger partial charge in [-0.05, 0) is 63.3 Å². The van der Waals surface area contributed by atoms with E-state index in [-0.39, 0.29) is 44.2 Å². The van der Waals surface area contributed by atoms with Crippen molar-refractivity contribution in [2.75, 3.05) is 19.4 Å². The Morgan fingerprint density at radius 1 is 1.04 bits per heavy atom. The molecular weight excluding hydrogens is 704 g/mol. The maximum atomic E-state index is 14.9. The topological polar surface area (TPSA) is 138 Å². The number of amides is 3. The van der Waals surface area contributed by atoms with Gasteiger partial charge in [-0.1, -0.05) is 75.6 Å². The van der Waals surface area contributed by atoms with Gasteiger partial charge in [-0.15, -0.1) is 11.3 Å². The van der Waals surface area contributed by atoms with Crippen LogP contribution in [0.15, 0.2) is 29.8 Å². The summed E-state index contributed by atoms with van der Waals surface area (Å²) in [4.78, 5) is 58.6. The lowest BCUT2D eigenvalue weighted by Gasteiger charge is -2.37. The zero-order chi connectivity index (χ0) is 37.7. The van der Waals surface area contributed by atoms with Crippen molar-refractivity contribution in [2.24, 2.45) is 0 Å². The molecule has 2 fully saturated rings. The highest BCUT2D eigenvalue weighted by atomic mass is 32.2. The Kier molecular flexibility index (Phi) is 15.9. The summed E-state index contributed by atoms with van der Waals surface area (Å²) in [6.07, 6.45) is 10.8. The van der Waals surface area contributed by atoms with Crippen molar-refractivity contribution in [1.82, 2.24) is 20.5 Å². The minimum absolute atomic E-state index is 0.0405. The third-order valence-corrected chi connectivity index (χ3v) is 12.5. The Bertz CT molecular complexity index is 1480. The largest absolute Gasteiger partial charge is 0.469 e. The number of benzene rings is 1. The first-order valence-electron chi connectivity index (χ1n) is 18.8. The number of thiazole rings is 1. The van der Waals surface area contributed by atoms with E-state index >= 15 is 0 Å².